The molecule has 0 bridgehead atoms. The van der Waals surface area contributed by atoms with Crippen molar-refractivity contribution in [3.05, 3.63) is 93.5 Å². The van der Waals surface area contributed by atoms with Crippen LogP contribution in [0.1, 0.15) is 35.6 Å². The van der Waals surface area contributed by atoms with Crippen molar-refractivity contribution in [1.82, 2.24) is 14.9 Å². The van der Waals surface area contributed by atoms with Crippen molar-refractivity contribution in [3.8, 4) is 5.69 Å². The van der Waals surface area contributed by atoms with Gasteiger partial charge in [-0.25, -0.2) is 4.98 Å². The van der Waals surface area contributed by atoms with Crippen LogP contribution in [0.4, 0.5) is 18.9 Å². The summed E-state index contributed by atoms with van der Waals surface area (Å²) in [6, 6.07) is 16.6. The first-order valence-corrected chi connectivity index (χ1v) is 12.5. The van der Waals surface area contributed by atoms with Crippen molar-refractivity contribution in [2.75, 3.05) is 5.75 Å². The molecule has 0 unspecified atom stereocenters. The Morgan fingerprint density at radius 2 is 1.95 bits per heavy atom. The third kappa shape index (κ3) is 5.17. The quantitative estimate of drug-likeness (QED) is 0.183. The molecule has 0 spiro atoms. The molecule has 5 rings (SSSR count). The lowest BCUT2D eigenvalue weighted by Crippen LogP contribution is -2.32. The number of hydrogen-bond acceptors (Lipinski definition) is 5. The standard InChI is InChI=1S/C26H21F3N4O3S/c27-26(28,29)17-7-4-8-18(13-17)32-23-12-11-19(33(35)36)14-22(23)31-25(32)37-15-24(34)30-21-10-3-6-16-5-1-2-9-20(16)21/h1-2,4-5,7-9,11-14,21H,3,6,10,15H2,(H,30,34)/t21-/m1/s1. The van der Waals surface area contributed by atoms with E-state index in [1.807, 2.05) is 18.2 Å². The average molecular weight is 527 g/mol. The second-order valence-corrected chi connectivity index (χ2v) is 9.65. The summed E-state index contributed by atoms with van der Waals surface area (Å²) in [6.45, 7) is 0. The number of nitro benzene ring substituents is 1. The van der Waals surface area contributed by atoms with Gasteiger partial charge in [0.25, 0.3) is 5.69 Å². The van der Waals surface area contributed by atoms with E-state index in [9.17, 15) is 28.1 Å². The number of aromatic nitrogens is 2. The minimum Gasteiger partial charge on any atom is -0.349 e. The number of carbonyl (C=O) groups excluding carboxylic acids is 1. The summed E-state index contributed by atoms with van der Waals surface area (Å²) in [7, 11) is 0. The molecule has 1 amide bonds. The van der Waals surface area contributed by atoms with Gasteiger partial charge < -0.3 is 5.32 Å². The number of rotatable bonds is 6. The summed E-state index contributed by atoms with van der Waals surface area (Å²) in [6.07, 6.45) is -1.81. The van der Waals surface area contributed by atoms with Gasteiger partial charge in [-0.15, -0.1) is 0 Å². The smallest absolute Gasteiger partial charge is 0.349 e. The number of alkyl halides is 3. The lowest BCUT2D eigenvalue weighted by molar-refractivity contribution is -0.384. The first-order valence-electron chi connectivity index (χ1n) is 11.6. The van der Waals surface area contributed by atoms with Crippen molar-refractivity contribution in [2.45, 2.75) is 36.6 Å². The third-order valence-electron chi connectivity index (χ3n) is 6.29. The zero-order valence-electron chi connectivity index (χ0n) is 19.4. The van der Waals surface area contributed by atoms with Crippen molar-refractivity contribution in [2.24, 2.45) is 0 Å². The monoisotopic (exact) mass is 526 g/mol. The van der Waals surface area contributed by atoms with Crippen LogP contribution < -0.4 is 5.32 Å². The Bertz CT molecular complexity index is 1500. The molecule has 0 aliphatic heterocycles. The second kappa shape index (κ2) is 9.89. The highest BCUT2D eigenvalue weighted by molar-refractivity contribution is 7.99. The summed E-state index contributed by atoms with van der Waals surface area (Å²) < 4.78 is 41.7. The Labute approximate surface area is 213 Å². The molecule has 1 aliphatic rings. The Morgan fingerprint density at radius 3 is 2.73 bits per heavy atom. The summed E-state index contributed by atoms with van der Waals surface area (Å²) in [4.78, 5) is 28.0. The molecule has 4 aromatic rings. The van der Waals surface area contributed by atoms with Crippen molar-refractivity contribution in [3.63, 3.8) is 0 Å². The van der Waals surface area contributed by atoms with E-state index in [0.717, 1.165) is 48.7 Å². The van der Waals surface area contributed by atoms with E-state index in [1.165, 1.54) is 40.5 Å². The number of hydrogen-bond donors (Lipinski definition) is 1. The van der Waals surface area contributed by atoms with Crippen LogP contribution in [0.2, 0.25) is 0 Å². The van der Waals surface area contributed by atoms with E-state index in [2.05, 4.69) is 16.4 Å². The SMILES string of the molecule is O=C(CSc1nc2cc([N+](=O)[O-])ccc2n1-c1cccc(C(F)(F)F)c1)N[C@@H]1CCCc2ccccc21. The van der Waals surface area contributed by atoms with Gasteiger partial charge in [0.05, 0.1) is 33.3 Å². The fraction of sp³-hybridized carbons (Fsp3) is 0.231. The molecule has 1 N–H and O–H groups in total. The van der Waals surface area contributed by atoms with Gasteiger partial charge in [-0.1, -0.05) is 42.1 Å². The van der Waals surface area contributed by atoms with Crippen LogP contribution in [-0.2, 0) is 17.4 Å². The number of amides is 1. The lowest BCUT2D eigenvalue weighted by Gasteiger charge is -2.26. The minimum atomic E-state index is -4.55. The van der Waals surface area contributed by atoms with Crippen LogP contribution in [0.15, 0.2) is 71.9 Å². The van der Waals surface area contributed by atoms with Gasteiger partial charge in [0.1, 0.15) is 0 Å². The van der Waals surface area contributed by atoms with Gasteiger partial charge in [-0.3, -0.25) is 19.5 Å². The predicted molar refractivity (Wildman–Crippen MR) is 134 cm³/mol. The van der Waals surface area contributed by atoms with Gasteiger partial charge in [-0.05, 0) is 54.7 Å². The first kappa shape index (κ1) is 24.8. The highest BCUT2D eigenvalue weighted by atomic mass is 32.2. The maximum Gasteiger partial charge on any atom is 0.416 e. The molecule has 0 saturated carbocycles. The molecule has 0 fully saturated rings. The number of non-ortho nitro benzene ring substituents is 1. The van der Waals surface area contributed by atoms with Crippen LogP contribution in [0, 0.1) is 10.1 Å². The van der Waals surface area contributed by atoms with Crippen LogP contribution >= 0.6 is 11.8 Å². The summed E-state index contributed by atoms with van der Waals surface area (Å²) in [5, 5.41) is 14.6. The van der Waals surface area contributed by atoms with Gasteiger partial charge in [-0.2, -0.15) is 13.2 Å². The maximum absolute atomic E-state index is 13.4. The van der Waals surface area contributed by atoms with Crippen LogP contribution in [0.3, 0.4) is 0 Å². The fourth-order valence-electron chi connectivity index (χ4n) is 4.60. The molecule has 1 atom stereocenters. The zero-order valence-corrected chi connectivity index (χ0v) is 20.2. The third-order valence-corrected chi connectivity index (χ3v) is 7.23. The molecule has 7 nitrogen and oxygen atoms in total. The van der Waals surface area contributed by atoms with E-state index in [1.54, 1.807) is 0 Å². The predicted octanol–water partition coefficient (Wildman–Crippen LogP) is 6.24. The minimum absolute atomic E-state index is 0.0248. The van der Waals surface area contributed by atoms with Crippen molar-refractivity contribution < 1.29 is 22.9 Å². The highest BCUT2D eigenvalue weighted by Gasteiger charge is 2.31. The van der Waals surface area contributed by atoms with E-state index in [-0.39, 0.29) is 39.7 Å². The molecule has 3 aromatic carbocycles. The topological polar surface area (TPSA) is 90.1 Å². The van der Waals surface area contributed by atoms with Crippen LogP contribution in [0.5, 0.6) is 0 Å². The van der Waals surface area contributed by atoms with Gasteiger partial charge in [0.15, 0.2) is 5.16 Å². The molecule has 190 valence electrons. The summed E-state index contributed by atoms with van der Waals surface area (Å²) in [5.74, 6) is -0.261. The molecule has 1 aromatic heterocycles. The number of benzene rings is 3. The first-order chi connectivity index (χ1) is 17.7. The van der Waals surface area contributed by atoms with E-state index >= 15 is 0 Å². The number of carbonyl (C=O) groups is 1. The summed E-state index contributed by atoms with van der Waals surface area (Å²) >= 11 is 1.06. The Hall–Kier alpha value is -3.86. The van der Waals surface area contributed by atoms with Gasteiger partial charge in [0, 0.05) is 17.8 Å². The normalized spacial score (nSPS) is 15.4. The Balaban J connectivity index is 1.45. The number of halogens is 3. The number of thioether (sulfide) groups is 1. The van der Waals surface area contributed by atoms with Crippen LogP contribution in [-0.4, -0.2) is 26.1 Å². The highest BCUT2D eigenvalue weighted by Crippen LogP contribution is 2.35. The van der Waals surface area contributed by atoms with Gasteiger partial charge >= 0.3 is 6.18 Å². The number of nitrogens with one attached hydrogen (secondary N) is 1. The molecule has 1 heterocycles. The Kier molecular flexibility index (Phi) is 6.63. The Morgan fingerprint density at radius 1 is 1.14 bits per heavy atom. The number of aryl methyl sites for hydroxylation is 1. The number of nitro groups is 1. The van der Waals surface area contributed by atoms with Crippen molar-refractivity contribution >= 4 is 34.4 Å². The second-order valence-electron chi connectivity index (χ2n) is 8.71. The number of imidazole rings is 1. The van der Waals surface area contributed by atoms with E-state index in [4.69, 9.17) is 0 Å². The molecule has 0 radical (unpaired) electrons. The molecule has 37 heavy (non-hydrogen) atoms. The zero-order chi connectivity index (χ0) is 26.2. The number of nitrogens with zero attached hydrogens (tertiary/aromatic N) is 3. The van der Waals surface area contributed by atoms with E-state index < -0.39 is 16.7 Å². The molecule has 1 aliphatic carbocycles. The van der Waals surface area contributed by atoms with Gasteiger partial charge in [0.2, 0.25) is 5.91 Å². The lowest BCUT2D eigenvalue weighted by atomic mass is 9.88. The molecular weight excluding hydrogens is 505 g/mol. The summed E-state index contributed by atoms with van der Waals surface area (Å²) in [5.41, 5.74) is 2.11. The number of fused-ring (bicyclic) bond motifs is 2. The molecule has 11 heteroatoms. The fourth-order valence-corrected chi connectivity index (χ4v) is 5.44. The van der Waals surface area contributed by atoms with Crippen LogP contribution in [0.25, 0.3) is 16.7 Å². The molecule has 0 saturated heterocycles. The largest absolute Gasteiger partial charge is 0.416 e. The average Bonchev–Trinajstić information content (AvgIpc) is 3.25. The van der Waals surface area contributed by atoms with Crippen molar-refractivity contribution in [1.29, 1.82) is 0 Å². The maximum atomic E-state index is 13.4. The molecular formula is C26H21F3N4O3S. The van der Waals surface area contributed by atoms with E-state index in [0.29, 0.717) is 5.52 Å².